The summed E-state index contributed by atoms with van der Waals surface area (Å²) in [6, 6.07) is 10.8. The number of hydrogen-bond donors (Lipinski definition) is 0. The highest BCUT2D eigenvalue weighted by Gasteiger charge is 2.13. The summed E-state index contributed by atoms with van der Waals surface area (Å²) in [7, 11) is 0. The highest BCUT2D eigenvalue weighted by Crippen LogP contribution is 2.31. The maximum Gasteiger partial charge on any atom is 0.298 e. The summed E-state index contributed by atoms with van der Waals surface area (Å²) in [6.45, 7) is 0. The van der Waals surface area contributed by atoms with E-state index in [9.17, 15) is 10.1 Å². The first-order chi connectivity index (χ1) is 9.06. The first kappa shape index (κ1) is 13.5. The largest absolute Gasteiger partial charge is 0.298 e. The first-order valence-corrected chi connectivity index (χ1v) is 5.93. The van der Waals surface area contributed by atoms with Crippen molar-refractivity contribution in [3.05, 3.63) is 62.6 Å². The fourth-order valence-electron chi connectivity index (χ4n) is 1.35. The molecule has 0 atom stereocenters. The van der Waals surface area contributed by atoms with Crippen molar-refractivity contribution < 1.29 is 4.92 Å². The van der Waals surface area contributed by atoms with Crippen LogP contribution in [0.5, 0.6) is 0 Å². The monoisotopic (exact) mass is 295 g/mol. The summed E-state index contributed by atoms with van der Waals surface area (Å²) >= 11 is 11.4. The van der Waals surface area contributed by atoms with Gasteiger partial charge < -0.3 is 0 Å². The molecule has 7 heteroatoms. The van der Waals surface area contributed by atoms with E-state index in [1.807, 2.05) is 0 Å². The lowest BCUT2D eigenvalue weighted by atomic mass is 10.3. The number of azo groups is 1. The van der Waals surface area contributed by atoms with Crippen molar-refractivity contribution in [3.8, 4) is 0 Å². The lowest BCUT2D eigenvalue weighted by Crippen LogP contribution is -1.87. The van der Waals surface area contributed by atoms with Crippen molar-refractivity contribution in [1.29, 1.82) is 0 Å². The van der Waals surface area contributed by atoms with E-state index in [1.165, 1.54) is 18.2 Å². The van der Waals surface area contributed by atoms with Crippen molar-refractivity contribution in [2.24, 2.45) is 10.2 Å². The molecule has 5 nitrogen and oxygen atoms in total. The second-order valence-electron chi connectivity index (χ2n) is 3.57. The summed E-state index contributed by atoms with van der Waals surface area (Å²) in [4.78, 5) is 10.3. The molecule has 0 bridgehead atoms. The summed E-state index contributed by atoms with van der Waals surface area (Å²) in [6.07, 6.45) is 0. The van der Waals surface area contributed by atoms with Crippen molar-refractivity contribution in [2.75, 3.05) is 0 Å². The average molecular weight is 296 g/mol. The van der Waals surface area contributed by atoms with Gasteiger partial charge in [0.15, 0.2) is 5.69 Å². The van der Waals surface area contributed by atoms with Crippen LogP contribution in [0.2, 0.25) is 10.0 Å². The zero-order chi connectivity index (χ0) is 13.8. The molecule has 0 aliphatic carbocycles. The van der Waals surface area contributed by atoms with Gasteiger partial charge in [0.2, 0.25) is 0 Å². The van der Waals surface area contributed by atoms with Crippen LogP contribution in [0, 0.1) is 10.1 Å². The van der Waals surface area contributed by atoms with Gasteiger partial charge in [-0.05, 0) is 36.4 Å². The highest BCUT2D eigenvalue weighted by atomic mass is 35.5. The molecule has 0 fully saturated rings. The van der Waals surface area contributed by atoms with Crippen LogP contribution in [0.25, 0.3) is 0 Å². The van der Waals surface area contributed by atoms with Crippen molar-refractivity contribution in [1.82, 2.24) is 0 Å². The molecule has 2 rings (SSSR count). The van der Waals surface area contributed by atoms with E-state index in [4.69, 9.17) is 23.2 Å². The zero-order valence-electron chi connectivity index (χ0n) is 9.46. The highest BCUT2D eigenvalue weighted by molar-refractivity contribution is 6.31. The van der Waals surface area contributed by atoms with Crippen LogP contribution in [0.15, 0.2) is 52.7 Å². The third-order valence-corrected chi connectivity index (χ3v) is 2.72. The topological polar surface area (TPSA) is 67.9 Å². The van der Waals surface area contributed by atoms with Crippen LogP contribution in [-0.2, 0) is 0 Å². The van der Waals surface area contributed by atoms with Gasteiger partial charge in [0.05, 0.1) is 10.6 Å². The van der Waals surface area contributed by atoms with Crippen LogP contribution < -0.4 is 0 Å². The summed E-state index contributed by atoms with van der Waals surface area (Å²) in [5.74, 6) is 0. The molecule has 0 N–H and O–H groups in total. The smallest absolute Gasteiger partial charge is 0.258 e. The summed E-state index contributed by atoms with van der Waals surface area (Å²) in [5, 5.41) is 19.5. The Kier molecular flexibility index (Phi) is 4.09. The normalized spacial score (nSPS) is 10.8. The molecule has 19 heavy (non-hydrogen) atoms. The van der Waals surface area contributed by atoms with Gasteiger partial charge in [0.25, 0.3) is 5.69 Å². The number of rotatable bonds is 3. The molecule has 0 unspecified atom stereocenters. The Morgan fingerprint density at radius 3 is 2.21 bits per heavy atom. The SMILES string of the molecule is O=[N+]([O-])c1cc(Cl)ccc1N=Nc1ccc(Cl)cc1. The van der Waals surface area contributed by atoms with E-state index in [0.29, 0.717) is 10.7 Å². The molecule has 96 valence electrons. The molecule has 0 radical (unpaired) electrons. The van der Waals surface area contributed by atoms with Crippen LogP contribution in [0.1, 0.15) is 0 Å². The van der Waals surface area contributed by atoms with Gasteiger partial charge in [-0.1, -0.05) is 23.2 Å². The molecule has 0 aromatic heterocycles. The van der Waals surface area contributed by atoms with E-state index in [1.54, 1.807) is 24.3 Å². The van der Waals surface area contributed by atoms with Crippen LogP contribution in [-0.4, -0.2) is 4.92 Å². The number of benzene rings is 2. The minimum atomic E-state index is -0.553. The summed E-state index contributed by atoms with van der Waals surface area (Å²) in [5.41, 5.74) is 0.503. The van der Waals surface area contributed by atoms with Gasteiger partial charge in [-0.3, -0.25) is 10.1 Å². The molecular weight excluding hydrogens is 289 g/mol. The Morgan fingerprint density at radius 2 is 1.58 bits per heavy atom. The summed E-state index contributed by atoms with van der Waals surface area (Å²) < 4.78 is 0. The Hall–Kier alpha value is -1.98. The van der Waals surface area contributed by atoms with Crippen LogP contribution in [0.3, 0.4) is 0 Å². The minimum Gasteiger partial charge on any atom is -0.258 e. The van der Waals surface area contributed by atoms with E-state index in [0.717, 1.165) is 0 Å². The van der Waals surface area contributed by atoms with E-state index in [-0.39, 0.29) is 16.4 Å². The number of nitro benzene ring substituents is 1. The predicted molar refractivity (Wildman–Crippen MR) is 73.7 cm³/mol. The Morgan fingerprint density at radius 1 is 0.947 bits per heavy atom. The van der Waals surface area contributed by atoms with Gasteiger partial charge in [0, 0.05) is 16.1 Å². The van der Waals surface area contributed by atoms with Crippen molar-refractivity contribution >= 4 is 40.3 Å². The van der Waals surface area contributed by atoms with Crippen molar-refractivity contribution in [2.45, 2.75) is 0 Å². The Labute approximate surface area is 118 Å². The maximum absolute atomic E-state index is 10.9. The third kappa shape index (κ3) is 3.49. The standard InChI is InChI=1S/C12H7Cl2N3O2/c13-8-1-4-10(5-2-8)15-16-11-6-3-9(14)7-12(11)17(18)19/h1-7H. The molecule has 0 aliphatic heterocycles. The maximum atomic E-state index is 10.9. The van der Waals surface area contributed by atoms with Gasteiger partial charge in [-0.15, -0.1) is 5.11 Å². The molecular formula is C12H7Cl2N3O2. The molecule has 0 saturated carbocycles. The molecule has 0 heterocycles. The first-order valence-electron chi connectivity index (χ1n) is 5.17. The van der Waals surface area contributed by atoms with E-state index < -0.39 is 4.92 Å². The molecule has 0 amide bonds. The quantitative estimate of drug-likeness (QED) is 0.437. The van der Waals surface area contributed by atoms with Gasteiger partial charge in [-0.25, -0.2) is 0 Å². The third-order valence-electron chi connectivity index (χ3n) is 2.23. The van der Waals surface area contributed by atoms with E-state index in [2.05, 4.69) is 10.2 Å². The molecule has 0 saturated heterocycles. The van der Waals surface area contributed by atoms with Crippen molar-refractivity contribution in [3.63, 3.8) is 0 Å². The Bertz CT molecular complexity index is 642. The average Bonchev–Trinajstić information content (AvgIpc) is 2.39. The van der Waals surface area contributed by atoms with E-state index >= 15 is 0 Å². The van der Waals surface area contributed by atoms with Gasteiger partial charge in [0.1, 0.15) is 0 Å². The lowest BCUT2D eigenvalue weighted by molar-refractivity contribution is -0.384. The van der Waals surface area contributed by atoms with Gasteiger partial charge in [-0.2, -0.15) is 5.11 Å². The fraction of sp³-hybridized carbons (Fsp3) is 0. The predicted octanol–water partition coefficient (Wildman–Crippen LogP) is 5.32. The number of hydrogen-bond acceptors (Lipinski definition) is 4. The fourth-order valence-corrected chi connectivity index (χ4v) is 1.64. The zero-order valence-corrected chi connectivity index (χ0v) is 11.0. The molecule has 0 aliphatic rings. The number of nitro groups is 1. The lowest BCUT2D eigenvalue weighted by Gasteiger charge is -1.97. The second kappa shape index (κ2) is 5.77. The van der Waals surface area contributed by atoms with Crippen LogP contribution in [0.4, 0.5) is 17.1 Å². The second-order valence-corrected chi connectivity index (χ2v) is 4.44. The molecule has 2 aromatic rings. The van der Waals surface area contributed by atoms with Crippen LogP contribution >= 0.6 is 23.2 Å². The Balaban J connectivity index is 2.32. The molecule has 0 spiro atoms. The number of nitrogens with zero attached hydrogens (tertiary/aromatic N) is 3. The number of halogens is 2. The minimum absolute atomic E-state index is 0.143. The molecule has 2 aromatic carbocycles. The van der Waals surface area contributed by atoms with Gasteiger partial charge >= 0.3 is 0 Å².